The van der Waals surface area contributed by atoms with E-state index in [-0.39, 0.29) is 12.1 Å². The molecule has 8 nitrogen and oxygen atoms in total. The van der Waals surface area contributed by atoms with Gasteiger partial charge in [0, 0.05) is 30.7 Å². The average Bonchev–Trinajstić information content (AvgIpc) is 3.44. The molecule has 2 unspecified atom stereocenters. The van der Waals surface area contributed by atoms with Crippen LogP contribution in [-0.4, -0.2) is 51.0 Å². The number of thioether (sulfide) groups is 1. The molecule has 0 radical (unpaired) electrons. The number of aromatic nitrogens is 3. The van der Waals surface area contributed by atoms with Gasteiger partial charge in [0.25, 0.3) is 0 Å². The predicted octanol–water partition coefficient (Wildman–Crippen LogP) is 3.47. The quantitative estimate of drug-likeness (QED) is 0.602. The molecule has 0 spiro atoms. The second-order valence-electron chi connectivity index (χ2n) is 7.54. The molecule has 2 aromatic heterocycles. The van der Waals surface area contributed by atoms with E-state index in [1.807, 2.05) is 42.6 Å². The summed E-state index contributed by atoms with van der Waals surface area (Å²) in [7, 11) is 0. The molecule has 2 amide bonds. The Labute approximate surface area is 178 Å². The van der Waals surface area contributed by atoms with Gasteiger partial charge in [-0.25, -0.2) is 14.8 Å². The minimum Gasteiger partial charge on any atom is -0.356 e. The summed E-state index contributed by atoms with van der Waals surface area (Å²) >= 11 is 1.61. The number of amidine groups is 1. The van der Waals surface area contributed by atoms with Gasteiger partial charge in [0.2, 0.25) is 0 Å². The van der Waals surface area contributed by atoms with Crippen LogP contribution in [0.4, 0.5) is 16.3 Å². The molecule has 3 N–H and O–H groups in total. The first kappa shape index (κ1) is 18.9. The molecule has 4 heterocycles. The van der Waals surface area contributed by atoms with Crippen molar-refractivity contribution in [3.63, 3.8) is 0 Å². The van der Waals surface area contributed by atoms with Crippen molar-refractivity contribution in [3.8, 4) is 0 Å². The molecular weight excluding hydrogens is 398 g/mol. The number of carbonyl (C=O) groups excluding carboxylic acids is 1. The van der Waals surface area contributed by atoms with E-state index >= 15 is 0 Å². The molecule has 2 aliphatic heterocycles. The summed E-state index contributed by atoms with van der Waals surface area (Å²) in [4.78, 5) is 31.4. The molecular formula is C21H23N7OS. The van der Waals surface area contributed by atoms with Gasteiger partial charge < -0.3 is 15.2 Å². The average molecular weight is 422 g/mol. The molecule has 0 aliphatic carbocycles. The largest absolute Gasteiger partial charge is 0.356 e. The summed E-state index contributed by atoms with van der Waals surface area (Å²) in [5.41, 5.74) is 1.63. The number of hydrogen-bond acceptors (Lipinski definition) is 6. The lowest BCUT2D eigenvalue weighted by molar-refractivity contribution is 0.256. The molecule has 3 aromatic rings. The first-order valence-electron chi connectivity index (χ1n) is 10.1. The van der Waals surface area contributed by atoms with E-state index in [0.29, 0.717) is 11.1 Å². The van der Waals surface area contributed by atoms with Gasteiger partial charge in [-0.1, -0.05) is 30.0 Å². The minimum absolute atomic E-state index is 0.202. The van der Waals surface area contributed by atoms with Crippen molar-refractivity contribution in [3.05, 3.63) is 48.9 Å². The van der Waals surface area contributed by atoms with Crippen LogP contribution in [0.25, 0.3) is 11.0 Å². The van der Waals surface area contributed by atoms with Crippen molar-refractivity contribution in [1.82, 2.24) is 20.3 Å². The fourth-order valence-electron chi connectivity index (χ4n) is 4.11. The molecule has 0 bridgehead atoms. The van der Waals surface area contributed by atoms with Gasteiger partial charge in [0.15, 0.2) is 5.17 Å². The van der Waals surface area contributed by atoms with Gasteiger partial charge >= 0.3 is 6.03 Å². The summed E-state index contributed by atoms with van der Waals surface area (Å²) in [6.45, 7) is 1.90. The molecule has 9 heteroatoms. The Balaban J connectivity index is 1.23. The Kier molecular flexibility index (Phi) is 5.27. The zero-order valence-corrected chi connectivity index (χ0v) is 17.2. The van der Waals surface area contributed by atoms with Gasteiger partial charge in [-0.15, -0.1) is 0 Å². The number of aromatic amines is 1. The van der Waals surface area contributed by atoms with Gasteiger partial charge in [-0.05, 0) is 37.0 Å². The first-order chi connectivity index (χ1) is 14.8. The molecule has 5 rings (SSSR count). The van der Waals surface area contributed by atoms with Crippen LogP contribution in [0.5, 0.6) is 0 Å². The van der Waals surface area contributed by atoms with E-state index in [1.165, 1.54) is 0 Å². The van der Waals surface area contributed by atoms with Crippen LogP contribution >= 0.6 is 11.8 Å². The van der Waals surface area contributed by atoms with Crippen LogP contribution in [0.2, 0.25) is 0 Å². The van der Waals surface area contributed by atoms with Gasteiger partial charge in [0.05, 0.1) is 11.4 Å². The van der Waals surface area contributed by atoms with Gasteiger partial charge in [-0.3, -0.25) is 10.3 Å². The summed E-state index contributed by atoms with van der Waals surface area (Å²) in [5, 5.41) is 7.47. The maximum Gasteiger partial charge on any atom is 0.325 e. The number of urea groups is 1. The van der Waals surface area contributed by atoms with E-state index in [4.69, 9.17) is 4.99 Å². The SMILES string of the molecule is O=C(NC1=NC(C2CCCN(c3ncnc4[nH]ccc34)C2)CS1)Nc1ccccc1. The van der Waals surface area contributed by atoms with E-state index in [1.54, 1.807) is 18.1 Å². The topological polar surface area (TPSA) is 98.3 Å². The van der Waals surface area contributed by atoms with Crippen LogP contribution < -0.4 is 15.5 Å². The molecule has 30 heavy (non-hydrogen) atoms. The van der Waals surface area contributed by atoms with E-state index < -0.39 is 0 Å². The Morgan fingerprint density at radius 2 is 2.07 bits per heavy atom. The van der Waals surface area contributed by atoms with Crippen molar-refractivity contribution in [2.24, 2.45) is 10.9 Å². The lowest BCUT2D eigenvalue weighted by Gasteiger charge is -2.35. The lowest BCUT2D eigenvalue weighted by Crippen LogP contribution is -2.40. The summed E-state index contributed by atoms with van der Waals surface area (Å²) in [5.74, 6) is 2.32. The van der Waals surface area contributed by atoms with Crippen molar-refractivity contribution < 1.29 is 4.79 Å². The van der Waals surface area contributed by atoms with E-state index in [0.717, 1.165) is 54.2 Å². The zero-order chi connectivity index (χ0) is 20.3. The third-order valence-corrected chi connectivity index (χ3v) is 6.55. The Morgan fingerprint density at radius 3 is 2.97 bits per heavy atom. The minimum atomic E-state index is -0.255. The van der Waals surface area contributed by atoms with Crippen molar-refractivity contribution in [1.29, 1.82) is 0 Å². The monoisotopic (exact) mass is 421 g/mol. The third kappa shape index (κ3) is 3.97. The van der Waals surface area contributed by atoms with Crippen molar-refractivity contribution >= 4 is 45.5 Å². The fourth-order valence-corrected chi connectivity index (χ4v) is 5.16. The summed E-state index contributed by atoms with van der Waals surface area (Å²) < 4.78 is 0. The second kappa shape index (κ2) is 8.35. The maximum atomic E-state index is 12.2. The number of rotatable bonds is 3. The van der Waals surface area contributed by atoms with Crippen LogP contribution in [0.3, 0.4) is 0 Å². The number of benzene rings is 1. The smallest absolute Gasteiger partial charge is 0.325 e. The van der Waals surface area contributed by atoms with E-state index in [9.17, 15) is 4.79 Å². The molecule has 2 aliphatic rings. The highest BCUT2D eigenvalue weighted by atomic mass is 32.2. The molecule has 0 saturated carbocycles. The number of H-pyrrole nitrogens is 1. The van der Waals surface area contributed by atoms with E-state index in [2.05, 4.69) is 30.5 Å². The fraction of sp³-hybridized carbons (Fsp3) is 0.333. The number of nitrogens with zero attached hydrogens (tertiary/aromatic N) is 4. The van der Waals surface area contributed by atoms with Gasteiger partial charge in [-0.2, -0.15) is 0 Å². The number of nitrogens with one attached hydrogen (secondary N) is 3. The maximum absolute atomic E-state index is 12.2. The predicted molar refractivity (Wildman–Crippen MR) is 121 cm³/mol. The number of fused-ring (bicyclic) bond motifs is 1. The Bertz CT molecular complexity index is 1070. The van der Waals surface area contributed by atoms with Crippen molar-refractivity contribution in [2.75, 3.05) is 29.1 Å². The molecule has 1 aromatic carbocycles. The molecule has 2 atom stereocenters. The molecule has 1 fully saturated rings. The number of anilines is 2. The highest BCUT2D eigenvalue weighted by Gasteiger charge is 2.32. The summed E-state index contributed by atoms with van der Waals surface area (Å²) in [6, 6.07) is 11.4. The number of amides is 2. The number of piperidine rings is 1. The van der Waals surface area contributed by atoms with Crippen molar-refractivity contribution in [2.45, 2.75) is 18.9 Å². The number of para-hydroxylation sites is 1. The third-order valence-electron chi connectivity index (χ3n) is 5.56. The number of carbonyl (C=O) groups is 1. The molecule has 1 saturated heterocycles. The number of aliphatic imine (C=N–C) groups is 1. The van der Waals surface area contributed by atoms with Crippen LogP contribution in [0.15, 0.2) is 53.9 Å². The lowest BCUT2D eigenvalue weighted by atomic mass is 9.92. The van der Waals surface area contributed by atoms with Crippen LogP contribution in [-0.2, 0) is 0 Å². The van der Waals surface area contributed by atoms with Gasteiger partial charge in [0.1, 0.15) is 17.8 Å². The molecule has 154 valence electrons. The first-order valence-corrected chi connectivity index (χ1v) is 11.1. The Hall–Kier alpha value is -3.07. The summed E-state index contributed by atoms with van der Waals surface area (Å²) in [6.07, 6.45) is 5.76. The Morgan fingerprint density at radius 1 is 1.17 bits per heavy atom. The number of hydrogen-bond donors (Lipinski definition) is 3. The van der Waals surface area contributed by atoms with Crippen LogP contribution in [0, 0.1) is 5.92 Å². The highest BCUT2D eigenvalue weighted by molar-refractivity contribution is 8.14. The van der Waals surface area contributed by atoms with Crippen LogP contribution in [0.1, 0.15) is 12.8 Å². The standard InChI is InChI=1S/C21H23N7OS/c29-20(25-15-6-2-1-3-7-15)27-21-26-17(12-30-21)14-5-4-10-28(11-14)19-16-8-9-22-18(16)23-13-24-19/h1-3,6-9,13-14,17H,4-5,10-12H2,(H,22,23,24)(H2,25,26,27,29). The normalized spacial score (nSPS) is 21.5. The second-order valence-corrected chi connectivity index (χ2v) is 8.55. The zero-order valence-electron chi connectivity index (χ0n) is 16.4. The highest BCUT2D eigenvalue weighted by Crippen LogP contribution is 2.32.